The summed E-state index contributed by atoms with van der Waals surface area (Å²) in [6.45, 7) is 1.57. The number of nitrogens with one attached hydrogen (secondary N) is 2. The predicted molar refractivity (Wildman–Crippen MR) is 50.3 cm³/mol. The molecule has 0 bridgehead atoms. The van der Waals surface area contributed by atoms with Gasteiger partial charge < -0.3 is 11.1 Å². The zero-order valence-corrected chi connectivity index (χ0v) is 7.13. The molecule has 1 amide bonds. The zero-order chi connectivity index (χ0) is 9.26. The lowest BCUT2D eigenvalue weighted by atomic mass is 10.1. The van der Waals surface area contributed by atoms with Crippen LogP contribution in [0.15, 0.2) is 18.2 Å². The third kappa shape index (κ3) is 1.48. The molecule has 4 nitrogen and oxygen atoms in total. The SMILES string of the molecule is NC(=O)c1ccc2c(c1)NCNC2. The van der Waals surface area contributed by atoms with E-state index in [2.05, 4.69) is 10.6 Å². The van der Waals surface area contributed by atoms with Crippen molar-refractivity contribution in [2.24, 2.45) is 5.73 Å². The summed E-state index contributed by atoms with van der Waals surface area (Å²) < 4.78 is 0. The molecule has 0 aromatic heterocycles. The van der Waals surface area contributed by atoms with Crippen LogP contribution in [-0.4, -0.2) is 12.6 Å². The molecule has 1 aliphatic rings. The van der Waals surface area contributed by atoms with E-state index >= 15 is 0 Å². The van der Waals surface area contributed by atoms with Crippen molar-refractivity contribution < 1.29 is 4.79 Å². The number of hydrogen-bond acceptors (Lipinski definition) is 3. The minimum Gasteiger partial charge on any atom is -0.372 e. The number of hydrogen-bond donors (Lipinski definition) is 3. The van der Waals surface area contributed by atoms with Crippen molar-refractivity contribution in [3.8, 4) is 0 Å². The maximum absolute atomic E-state index is 10.9. The Kier molecular flexibility index (Phi) is 1.90. The van der Waals surface area contributed by atoms with Gasteiger partial charge in [-0.1, -0.05) is 6.07 Å². The predicted octanol–water partition coefficient (Wildman–Crippen LogP) is 0.258. The van der Waals surface area contributed by atoms with Crippen LogP contribution in [0.4, 0.5) is 5.69 Å². The van der Waals surface area contributed by atoms with Crippen LogP contribution in [-0.2, 0) is 6.54 Å². The van der Waals surface area contributed by atoms with Crippen molar-refractivity contribution in [1.82, 2.24) is 5.32 Å². The lowest BCUT2D eigenvalue weighted by molar-refractivity contribution is 0.100. The Labute approximate surface area is 76.1 Å². The molecule has 13 heavy (non-hydrogen) atoms. The number of primary amides is 1. The summed E-state index contributed by atoms with van der Waals surface area (Å²) in [5.41, 5.74) is 7.87. The van der Waals surface area contributed by atoms with E-state index in [-0.39, 0.29) is 5.91 Å². The van der Waals surface area contributed by atoms with E-state index in [1.165, 1.54) is 0 Å². The fourth-order valence-electron chi connectivity index (χ4n) is 1.40. The fourth-order valence-corrected chi connectivity index (χ4v) is 1.40. The van der Waals surface area contributed by atoms with Crippen LogP contribution in [0.5, 0.6) is 0 Å². The number of carbonyl (C=O) groups excluding carboxylic acids is 1. The summed E-state index contributed by atoms with van der Waals surface area (Å²) in [5, 5.41) is 6.30. The van der Waals surface area contributed by atoms with Gasteiger partial charge in [0.1, 0.15) is 0 Å². The highest BCUT2D eigenvalue weighted by molar-refractivity contribution is 5.94. The normalized spacial score (nSPS) is 14.5. The lowest BCUT2D eigenvalue weighted by Gasteiger charge is -2.19. The molecule has 0 spiro atoms. The highest BCUT2D eigenvalue weighted by Gasteiger charge is 2.09. The second-order valence-corrected chi connectivity index (χ2v) is 3.02. The molecule has 1 aromatic carbocycles. The topological polar surface area (TPSA) is 67.2 Å². The smallest absolute Gasteiger partial charge is 0.248 e. The van der Waals surface area contributed by atoms with E-state index in [1.807, 2.05) is 6.07 Å². The number of carbonyl (C=O) groups is 1. The van der Waals surface area contributed by atoms with E-state index in [1.54, 1.807) is 12.1 Å². The third-order valence-electron chi connectivity index (χ3n) is 2.11. The number of anilines is 1. The Balaban J connectivity index is 2.40. The van der Waals surface area contributed by atoms with Crippen LogP contribution in [0.3, 0.4) is 0 Å². The van der Waals surface area contributed by atoms with E-state index in [9.17, 15) is 4.79 Å². The summed E-state index contributed by atoms with van der Waals surface area (Å²) >= 11 is 0. The molecule has 68 valence electrons. The molecule has 4 N–H and O–H groups in total. The summed E-state index contributed by atoms with van der Waals surface area (Å²) in [5.74, 6) is -0.386. The van der Waals surface area contributed by atoms with Gasteiger partial charge in [-0.2, -0.15) is 0 Å². The number of benzene rings is 1. The number of fused-ring (bicyclic) bond motifs is 1. The first-order valence-electron chi connectivity index (χ1n) is 4.15. The van der Waals surface area contributed by atoms with E-state index in [0.717, 1.165) is 24.5 Å². The van der Waals surface area contributed by atoms with Gasteiger partial charge in [-0.25, -0.2) is 0 Å². The highest BCUT2D eigenvalue weighted by Crippen LogP contribution is 2.19. The lowest BCUT2D eigenvalue weighted by Crippen LogP contribution is -2.27. The van der Waals surface area contributed by atoms with Gasteiger partial charge in [0.05, 0.1) is 6.67 Å². The quantitative estimate of drug-likeness (QED) is 0.576. The van der Waals surface area contributed by atoms with Crippen molar-refractivity contribution in [1.29, 1.82) is 0 Å². The van der Waals surface area contributed by atoms with Crippen molar-refractivity contribution in [3.05, 3.63) is 29.3 Å². The Morgan fingerprint density at radius 1 is 1.46 bits per heavy atom. The third-order valence-corrected chi connectivity index (χ3v) is 2.11. The molecule has 0 saturated heterocycles. The molecule has 0 aliphatic carbocycles. The van der Waals surface area contributed by atoms with E-state index in [4.69, 9.17) is 5.73 Å². The molecule has 2 rings (SSSR count). The maximum Gasteiger partial charge on any atom is 0.248 e. The van der Waals surface area contributed by atoms with Crippen LogP contribution >= 0.6 is 0 Å². The van der Waals surface area contributed by atoms with Gasteiger partial charge in [-0.3, -0.25) is 10.1 Å². The van der Waals surface area contributed by atoms with Crippen LogP contribution in [0, 0.1) is 0 Å². The summed E-state index contributed by atoms with van der Waals surface area (Å²) in [6, 6.07) is 5.45. The molecule has 0 radical (unpaired) electrons. The average Bonchev–Trinajstić information content (AvgIpc) is 2.17. The molecular weight excluding hydrogens is 166 g/mol. The number of rotatable bonds is 1. The van der Waals surface area contributed by atoms with Gasteiger partial charge in [0.2, 0.25) is 5.91 Å². The minimum atomic E-state index is -0.386. The van der Waals surface area contributed by atoms with Crippen LogP contribution < -0.4 is 16.4 Å². The molecule has 1 aliphatic heterocycles. The molecule has 0 fully saturated rings. The van der Waals surface area contributed by atoms with Gasteiger partial charge in [0.15, 0.2) is 0 Å². The molecule has 1 heterocycles. The molecule has 0 atom stereocenters. The minimum absolute atomic E-state index is 0.386. The molecular formula is C9H11N3O. The standard InChI is InChI=1S/C9H11N3O/c10-9(13)6-1-2-7-4-11-5-12-8(7)3-6/h1-3,11-12H,4-5H2,(H2,10,13). The van der Waals surface area contributed by atoms with Crippen LogP contribution in [0.2, 0.25) is 0 Å². The van der Waals surface area contributed by atoms with E-state index in [0.29, 0.717) is 5.56 Å². The average molecular weight is 177 g/mol. The van der Waals surface area contributed by atoms with Crippen LogP contribution in [0.1, 0.15) is 15.9 Å². The summed E-state index contributed by atoms with van der Waals surface area (Å²) in [7, 11) is 0. The highest BCUT2D eigenvalue weighted by atomic mass is 16.1. The second-order valence-electron chi connectivity index (χ2n) is 3.02. The summed E-state index contributed by atoms with van der Waals surface area (Å²) in [4.78, 5) is 10.9. The van der Waals surface area contributed by atoms with Gasteiger partial charge >= 0.3 is 0 Å². The van der Waals surface area contributed by atoms with Gasteiger partial charge in [0, 0.05) is 17.8 Å². The molecule has 0 saturated carbocycles. The van der Waals surface area contributed by atoms with Crippen LogP contribution in [0.25, 0.3) is 0 Å². The van der Waals surface area contributed by atoms with Crippen molar-refractivity contribution in [3.63, 3.8) is 0 Å². The number of nitrogens with two attached hydrogens (primary N) is 1. The molecule has 1 aromatic rings. The maximum atomic E-state index is 10.9. The van der Waals surface area contributed by atoms with Crippen molar-refractivity contribution >= 4 is 11.6 Å². The first kappa shape index (κ1) is 8.07. The zero-order valence-electron chi connectivity index (χ0n) is 7.13. The monoisotopic (exact) mass is 177 g/mol. The van der Waals surface area contributed by atoms with Crippen molar-refractivity contribution in [2.45, 2.75) is 6.54 Å². The van der Waals surface area contributed by atoms with Gasteiger partial charge in [-0.15, -0.1) is 0 Å². The molecule has 4 heteroatoms. The van der Waals surface area contributed by atoms with E-state index < -0.39 is 0 Å². The Bertz CT molecular complexity index is 349. The second kappa shape index (κ2) is 3.06. The number of amides is 1. The van der Waals surface area contributed by atoms with Crippen molar-refractivity contribution in [2.75, 3.05) is 12.0 Å². The summed E-state index contributed by atoms with van der Waals surface area (Å²) in [6.07, 6.45) is 0. The first-order valence-corrected chi connectivity index (χ1v) is 4.15. The Morgan fingerprint density at radius 2 is 2.31 bits per heavy atom. The van der Waals surface area contributed by atoms with Gasteiger partial charge in [0.25, 0.3) is 0 Å². The Morgan fingerprint density at radius 3 is 3.08 bits per heavy atom. The Hall–Kier alpha value is -1.55. The molecule has 0 unspecified atom stereocenters. The first-order chi connectivity index (χ1) is 6.27. The largest absolute Gasteiger partial charge is 0.372 e. The van der Waals surface area contributed by atoms with Gasteiger partial charge in [-0.05, 0) is 17.7 Å². The fraction of sp³-hybridized carbons (Fsp3) is 0.222.